The fourth-order valence-corrected chi connectivity index (χ4v) is 2.74. The minimum absolute atomic E-state index is 0.0187. The van der Waals surface area contributed by atoms with Crippen molar-refractivity contribution in [1.82, 2.24) is 10.6 Å². The molecule has 0 aliphatic rings. The molecule has 4 N–H and O–H groups in total. The van der Waals surface area contributed by atoms with Crippen LogP contribution in [0, 0.1) is 0 Å². The van der Waals surface area contributed by atoms with Crippen LogP contribution in [0.15, 0.2) is 77.6 Å². The molecule has 2 rings (SSSR count). The van der Waals surface area contributed by atoms with Crippen molar-refractivity contribution in [3.8, 4) is 0 Å². The van der Waals surface area contributed by atoms with Crippen LogP contribution in [-0.2, 0) is 17.5 Å². The van der Waals surface area contributed by atoms with Gasteiger partial charge in [-0.05, 0) is 30.2 Å². The summed E-state index contributed by atoms with van der Waals surface area (Å²) < 4.78 is 40.0. The molecule has 0 amide bonds. The number of para-hydroxylation sites is 1. The number of allylic oxidation sites excluding steroid dienone is 1. The minimum Gasteiger partial charge on any atom is -0.398 e. The molecule has 0 radical (unpaired) electrons. The highest BCUT2D eigenvalue weighted by Gasteiger charge is 2.32. The number of nitrogens with zero attached hydrogens (tertiary/aromatic N) is 1. The number of amidine groups is 1. The largest absolute Gasteiger partial charge is 0.416 e. The first-order valence-electron chi connectivity index (χ1n) is 9.67. The summed E-state index contributed by atoms with van der Waals surface area (Å²) >= 11 is 0. The standard InChI is InChI=1S/C23H25F3N4O/c1-3-12-28-13-18(15-31)16(2)30-22(19-9-5-7-11-21(19)27)29-14-17-8-4-6-10-20(17)23(24,25)26/h4-11,13,15,28H,2-3,12,14,27H2,1H3,(H,29,30)/b18-13-. The summed E-state index contributed by atoms with van der Waals surface area (Å²) in [4.78, 5) is 15.8. The topological polar surface area (TPSA) is 79.5 Å². The molecule has 0 saturated carbocycles. The van der Waals surface area contributed by atoms with Crippen LogP contribution in [0.25, 0.3) is 0 Å². The molecule has 31 heavy (non-hydrogen) atoms. The lowest BCUT2D eigenvalue weighted by atomic mass is 10.1. The lowest BCUT2D eigenvalue weighted by Gasteiger charge is -2.16. The second-order valence-corrected chi connectivity index (χ2v) is 6.68. The molecular weight excluding hydrogens is 405 g/mol. The number of benzene rings is 2. The molecule has 0 unspecified atom stereocenters. The zero-order valence-corrected chi connectivity index (χ0v) is 17.2. The lowest BCUT2D eigenvalue weighted by Crippen LogP contribution is -2.26. The monoisotopic (exact) mass is 430 g/mol. The molecule has 0 aliphatic heterocycles. The van der Waals surface area contributed by atoms with Gasteiger partial charge in [-0.3, -0.25) is 9.79 Å². The van der Waals surface area contributed by atoms with Crippen molar-refractivity contribution in [2.75, 3.05) is 12.3 Å². The van der Waals surface area contributed by atoms with Crippen LogP contribution in [0.3, 0.4) is 0 Å². The Morgan fingerprint density at radius 1 is 1.16 bits per heavy atom. The number of carbonyl (C=O) groups is 1. The number of nitrogens with two attached hydrogens (primary N) is 1. The highest BCUT2D eigenvalue weighted by molar-refractivity contribution is 6.04. The Morgan fingerprint density at radius 3 is 2.48 bits per heavy atom. The number of nitrogen functional groups attached to an aromatic ring is 1. The summed E-state index contributed by atoms with van der Waals surface area (Å²) in [5, 5.41) is 5.92. The molecule has 5 nitrogen and oxygen atoms in total. The lowest BCUT2D eigenvalue weighted by molar-refractivity contribution is -0.138. The number of hydrogen-bond acceptors (Lipinski definition) is 4. The summed E-state index contributed by atoms with van der Waals surface area (Å²) in [5.74, 6) is 0.211. The van der Waals surface area contributed by atoms with E-state index in [1.165, 1.54) is 24.4 Å². The molecule has 0 spiro atoms. The average Bonchev–Trinajstić information content (AvgIpc) is 2.74. The zero-order chi connectivity index (χ0) is 22.9. The van der Waals surface area contributed by atoms with Crippen molar-refractivity contribution in [1.29, 1.82) is 0 Å². The summed E-state index contributed by atoms with van der Waals surface area (Å²) in [6, 6.07) is 12.0. The van der Waals surface area contributed by atoms with Gasteiger partial charge in [-0.15, -0.1) is 0 Å². The molecule has 0 saturated heterocycles. The van der Waals surface area contributed by atoms with Gasteiger partial charge in [0.05, 0.1) is 17.7 Å². The Labute approximate surface area is 179 Å². The molecular formula is C23H25F3N4O. The summed E-state index contributed by atoms with van der Waals surface area (Å²) in [6.07, 6.45) is -1.47. The van der Waals surface area contributed by atoms with E-state index in [-0.39, 0.29) is 29.2 Å². The summed E-state index contributed by atoms with van der Waals surface area (Å²) in [5.41, 5.74) is 6.67. The van der Waals surface area contributed by atoms with Crippen LogP contribution < -0.4 is 16.4 Å². The van der Waals surface area contributed by atoms with E-state index in [4.69, 9.17) is 5.73 Å². The molecule has 164 valence electrons. The third kappa shape index (κ3) is 6.74. The highest BCUT2D eigenvalue weighted by atomic mass is 19.4. The fourth-order valence-electron chi connectivity index (χ4n) is 2.74. The van der Waals surface area contributed by atoms with Gasteiger partial charge in [0.1, 0.15) is 5.84 Å². The van der Waals surface area contributed by atoms with Gasteiger partial charge in [0.25, 0.3) is 0 Å². The van der Waals surface area contributed by atoms with Gasteiger partial charge < -0.3 is 16.4 Å². The molecule has 0 aromatic heterocycles. The minimum atomic E-state index is -4.49. The molecule has 0 aliphatic carbocycles. The van der Waals surface area contributed by atoms with E-state index in [9.17, 15) is 18.0 Å². The van der Waals surface area contributed by atoms with E-state index >= 15 is 0 Å². The second kappa shape index (κ2) is 11.0. The van der Waals surface area contributed by atoms with Crippen molar-refractivity contribution in [2.24, 2.45) is 4.99 Å². The smallest absolute Gasteiger partial charge is 0.398 e. The normalized spacial score (nSPS) is 12.4. The van der Waals surface area contributed by atoms with Gasteiger partial charge in [-0.25, -0.2) is 0 Å². The van der Waals surface area contributed by atoms with Crippen molar-refractivity contribution in [2.45, 2.75) is 26.1 Å². The van der Waals surface area contributed by atoms with Crippen molar-refractivity contribution >= 4 is 17.8 Å². The van der Waals surface area contributed by atoms with Crippen LogP contribution >= 0.6 is 0 Å². The number of aldehydes is 1. The number of rotatable bonds is 9. The SMILES string of the molecule is C=C(NC(=NCc1ccccc1C(F)(F)F)c1ccccc1N)/C(C=O)=C\NCCC. The van der Waals surface area contributed by atoms with Crippen molar-refractivity contribution in [3.63, 3.8) is 0 Å². The van der Waals surface area contributed by atoms with E-state index in [0.29, 0.717) is 24.1 Å². The second-order valence-electron chi connectivity index (χ2n) is 6.68. The number of hydrogen-bond donors (Lipinski definition) is 3. The van der Waals surface area contributed by atoms with Crippen LogP contribution in [0.4, 0.5) is 18.9 Å². The number of aliphatic imine (C=N–C) groups is 1. The van der Waals surface area contributed by atoms with Gasteiger partial charge in [0, 0.05) is 29.7 Å². The molecule has 0 heterocycles. The van der Waals surface area contributed by atoms with Gasteiger partial charge in [0.15, 0.2) is 6.29 Å². The Balaban J connectivity index is 2.39. The first-order valence-corrected chi connectivity index (χ1v) is 9.67. The van der Waals surface area contributed by atoms with Crippen molar-refractivity contribution in [3.05, 3.63) is 89.3 Å². The third-order valence-electron chi connectivity index (χ3n) is 4.34. The Kier molecular flexibility index (Phi) is 8.43. The maximum Gasteiger partial charge on any atom is 0.416 e. The van der Waals surface area contributed by atoms with Gasteiger partial charge in [-0.1, -0.05) is 43.8 Å². The molecule has 0 atom stereocenters. The fraction of sp³-hybridized carbons (Fsp3) is 0.217. The number of carbonyl (C=O) groups excluding carboxylic acids is 1. The first kappa shape index (κ1) is 23.7. The van der Waals surface area contributed by atoms with Gasteiger partial charge in [-0.2, -0.15) is 13.2 Å². The number of alkyl halides is 3. The Hall–Kier alpha value is -3.55. The van der Waals surface area contributed by atoms with E-state index in [2.05, 4.69) is 22.2 Å². The van der Waals surface area contributed by atoms with E-state index in [1.54, 1.807) is 24.3 Å². The molecule has 2 aromatic rings. The predicted molar refractivity (Wildman–Crippen MR) is 117 cm³/mol. The molecule has 8 heteroatoms. The summed E-state index contributed by atoms with van der Waals surface area (Å²) in [7, 11) is 0. The average molecular weight is 430 g/mol. The Bertz CT molecular complexity index is 981. The van der Waals surface area contributed by atoms with E-state index < -0.39 is 11.7 Å². The maximum atomic E-state index is 13.3. The van der Waals surface area contributed by atoms with Crippen LogP contribution in [-0.4, -0.2) is 18.7 Å². The molecule has 2 aromatic carbocycles. The van der Waals surface area contributed by atoms with Gasteiger partial charge in [0.2, 0.25) is 0 Å². The van der Waals surface area contributed by atoms with Crippen LogP contribution in [0.1, 0.15) is 30.0 Å². The predicted octanol–water partition coefficient (Wildman–Crippen LogP) is 4.42. The zero-order valence-electron chi connectivity index (χ0n) is 17.2. The van der Waals surface area contributed by atoms with E-state index in [0.717, 1.165) is 12.5 Å². The van der Waals surface area contributed by atoms with Crippen LogP contribution in [0.5, 0.6) is 0 Å². The highest BCUT2D eigenvalue weighted by Crippen LogP contribution is 2.32. The third-order valence-corrected chi connectivity index (χ3v) is 4.34. The molecule has 0 fully saturated rings. The van der Waals surface area contributed by atoms with Crippen LogP contribution in [0.2, 0.25) is 0 Å². The maximum absolute atomic E-state index is 13.3. The first-order chi connectivity index (χ1) is 14.8. The number of nitrogens with one attached hydrogen (secondary N) is 2. The Morgan fingerprint density at radius 2 is 1.84 bits per heavy atom. The number of halogens is 3. The number of anilines is 1. The van der Waals surface area contributed by atoms with E-state index in [1.807, 2.05) is 6.92 Å². The summed E-state index contributed by atoms with van der Waals surface area (Å²) in [6.45, 7) is 6.27. The molecule has 0 bridgehead atoms. The van der Waals surface area contributed by atoms with Gasteiger partial charge >= 0.3 is 6.18 Å². The quantitative estimate of drug-likeness (QED) is 0.105. The van der Waals surface area contributed by atoms with Crippen molar-refractivity contribution < 1.29 is 18.0 Å².